The van der Waals surface area contributed by atoms with Crippen molar-refractivity contribution < 1.29 is 4.79 Å². The van der Waals surface area contributed by atoms with E-state index in [0.717, 1.165) is 17.0 Å². The van der Waals surface area contributed by atoms with Crippen molar-refractivity contribution in [2.24, 2.45) is 0 Å². The molecule has 0 radical (unpaired) electrons. The van der Waals surface area contributed by atoms with Crippen molar-refractivity contribution in [2.75, 3.05) is 6.54 Å². The molecule has 130 valence electrons. The maximum absolute atomic E-state index is 12.4. The van der Waals surface area contributed by atoms with Crippen LogP contribution in [0.25, 0.3) is 11.8 Å². The zero-order valence-electron chi connectivity index (χ0n) is 15.3. The number of thiocarbonyl (C=S) groups is 1. The van der Waals surface area contributed by atoms with Crippen LogP contribution in [0.2, 0.25) is 0 Å². The Morgan fingerprint density at radius 3 is 2.56 bits per heavy atom. The van der Waals surface area contributed by atoms with Gasteiger partial charge < -0.3 is 9.88 Å². The first kappa shape index (κ1) is 17.4. The molecule has 0 spiro atoms. The topological polar surface area (TPSA) is 37.3 Å². The summed E-state index contributed by atoms with van der Waals surface area (Å²) in [4.78, 5) is 14.0. The molecule has 1 saturated heterocycles. The minimum absolute atomic E-state index is 0.0657. The Kier molecular flexibility index (Phi) is 4.52. The minimum Gasteiger partial charge on any atom is -0.328 e. The van der Waals surface area contributed by atoms with Gasteiger partial charge in [-0.1, -0.05) is 12.1 Å². The Bertz CT molecular complexity index is 908. The Balaban J connectivity index is 2.07. The summed E-state index contributed by atoms with van der Waals surface area (Å²) in [5.41, 5.74) is 7.50. The predicted molar refractivity (Wildman–Crippen MR) is 106 cm³/mol. The fourth-order valence-corrected chi connectivity index (χ4v) is 3.62. The number of benzene rings is 1. The molecule has 0 atom stereocenters. The maximum atomic E-state index is 12.4. The van der Waals surface area contributed by atoms with Gasteiger partial charge in [-0.3, -0.25) is 9.69 Å². The summed E-state index contributed by atoms with van der Waals surface area (Å²) in [5, 5.41) is 3.50. The minimum atomic E-state index is -0.0657. The maximum Gasteiger partial charge on any atom is 0.276 e. The van der Waals surface area contributed by atoms with Crippen molar-refractivity contribution in [1.29, 1.82) is 0 Å². The smallest absolute Gasteiger partial charge is 0.276 e. The number of carbonyl (C=O) groups excluding carboxylic acids is 1. The predicted octanol–water partition coefficient (Wildman–Crippen LogP) is 3.79. The largest absolute Gasteiger partial charge is 0.328 e. The fourth-order valence-electron chi connectivity index (χ4n) is 3.30. The summed E-state index contributed by atoms with van der Waals surface area (Å²) in [6, 6.07) is 8.44. The lowest BCUT2D eigenvalue weighted by Gasteiger charge is -2.14. The SMILES string of the molecule is CCN1C(=O)/C(=C\c2cc(C)n(-c3cccc(C)c3C)c2C)NC1=S. The molecule has 4 nitrogen and oxygen atoms in total. The van der Waals surface area contributed by atoms with Gasteiger partial charge in [0.05, 0.1) is 0 Å². The van der Waals surface area contributed by atoms with E-state index in [4.69, 9.17) is 12.2 Å². The van der Waals surface area contributed by atoms with E-state index in [1.807, 2.05) is 13.0 Å². The van der Waals surface area contributed by atoms with E-state index >= 15 is 0 Å². The Morgan fingerprint density at radius 2 is 1.92 bits per heavy atom. The van der Waals surface area contributed by atoms with Crippen molar-refractivity contribution in [3.8, 4) is 5.69 Å². The van der Waals surface area contributed by atoms with Crippen LogP contribution in [0, 0.1) is 27.7 Å². The molecule has 3 rings (SSSR count). The lowest BCUT2D eigenvalue weighted by atomic mass is 10.1. The third-order valence-electron chi connectivity index (χ3n) is 4.87. The van der Waals surface area contributed by atoms with Gasteiger partial charge in [0.2, 0.25) is 0 Å². The summed E-state index contributed by atoms with van der Waals surface area (Å²) < 4.78 is 2.24. The molecule has 0 saturated carbocycles. The van der Waals surface area contributed by atoms with Gasteiger partial charge in [-0.05, 0) is 81.7 Å². The molecule has 0 bridgehead atoms. The second-order valence-electron chi connectivity index (χ2n) is 6.42. The third kappa shape index (κ3) is 2.89. The van der Waals surface area contributed by atoms with Crippen LogP contribution < -0.4 is 5.32 Å². The molecule has 1 aliphatic heterocycles. The van der Waals surface area contributed by atoms with Crippen molar-refractivity contribution in [2.45, 2.75) is 34.6 Å². The van der Waals surface area contributed by atoms with Crippen molar-refractivity contribution >= 4 is 29.3 Å². The van der Waals surface area contributed by atoms with E-state index in [1.165, 1.54) is 16.8 Å². The van der Waals surface area contributed by atoms with Crippen LogP contribution in [0.4, 0.5) is 0 Å². The summed E-state index contributed by atoms with van der Waals surface area (Å²) in [6.07, 6.45) is 1.90. The highest BCUT2D eigenvalue weighted by Gasteiger charge is 2.29. The highest BCUT2D eigenvalue weighted by molar-refractivity contribution is 7.80. The van der Waals surface area contributed by atoms with E-state index in [2.05, 4.69) is 61.8 Å². The lowest BCUT2D eigenvalue weighted by molar-refractivity contribution is -0.122. The van der Waals surface area contributed by atoms with Crippen LogP contribution in [0.5, 0.6) is 0 Å². The molecular weight excluding hydrogens is 330 g/mol. The van der Waals surface area contributed by atoms with Gasteiger partial charge in [-0.15, -0.1) is 0 Å². The van der Waals surface area contributed by atoms with Crippen LogP contribution in [0.3, 0.4) is 0 Å². The Labute approximate surface area is 154 Å². The van der Waals surface area contributed by atoms with E-state index in [1.54, 1.807) is 4.90 Å². The number of aromatic nitrogens is 1. The summed E-state index contributed by atoms with van der Waals surface area (Å²) in [6.45, 7) is 10.9. The van der Waals surface area contributed by atoms with Crippen LogP contribution in [-0.2, 0) is 4.79 Å². The van der Waals surface area contributed by atoms with Crippen molar-refractivity contribution in [1.82, 2.24) is 14.8 Å². The van der Waals surface area contributed by atoms with E-state index in [0.29, 0.717) is 17.4 Å². The molecule has 1 amide bonds. The fraction of sp³-hybridized carbons (Fsp3) is 0.300. The van der Waals surface area contributed by atoms with Gasteiger partial charge >= 0.3 is 0 Å². The van der Waals surface area contributed by atoms with Crippen LogP contribution >= 0.6 is 12.2 Å². The molecule has 1 aromatic carbocycles. The molecule has 1 aliphatic rings. The molecule has 0 unspecified atom stereocenters. The zero-order valence-corrected chi connectivity index (χ0v) is 16.1. The number of aryl methyl sites for hydroxylation is 2. The number of nitrogens with zero attached hydrogens (tertiary/aromatic N) is 2. The molecular formula is C20H23N3OS. The average molecular weight is 353 g/mol. The van der Waals surface area contributed by atoms with Gasteiger partial charge in [0.25, 0.3) is 5.91 Å². The molecule has 25 heavy (non-hydrogen) atoms. The standard InChI is InChI=1S/C20H23N3OS/c1-6-22-19(24)17(21-20(22)25)11-16-10-13(3)23(15(16)5)18-9-7-8-12(2)14(18)4/h7-11H,6H2,1-5H3,(H,21,25)/b17-11+. The molecule has 1 N–H and O–H groups in total. The summed E-state index contributed by atoms with van der Waals surface area (Å²) in [7, 11) is 0. The van der Waals surface area contributed by atoms with Gasteiger partial charge in [0.1, 0.15) is 5.70 Å². The number of hydrogen-bond acceptors (Lipinski definition) is 2. The second kappa shape index (κ2) is 6.48. The number of hydrogen-bond donors (Lipinski definition) is 1. The van der Waals surface area contributed by atoms with Crippen LogP contribution in [0.1, 0.15) is 35.0 Å². The van der Waals surface area contributed by atoms with E-state index < -0.39 is 0 Å². The van der Waals surface area contributed by atoms with Gasteiger partial charge in [0, 0.05) is 23.6 Å². The van der Waals surface area contributed by atoms with Crippen LogP contribution in [-0.4, -0.2) is 27.0 Å². The highest BCUT2D eigenvalue weighted by Crippen LogP contribution is 2.26. The van der Waals surface area contributed by atoms with Crippen molar-refractivity contribution in [3.05, 3.63) is 58.0 Å². The quantitative estimate of drug-likeness (QED) is 0.674. The van der Waals surface area contributed by atoms with Crippen molar-refractivity contribution in [3.63, 3.8) is 0 Å². The second-order valence-corrected chi connectivity index (χ2v) is 6.81. The zero-order chi connectivity index (χ0) is 18.3. The summed E-state index contributed by atoms with van der Waals surface area (Å²) >= 11 is 5.23. The number of nitrogens with one attached hydrogen (secondary N) is 1. The number of likely N-dealkylation sites (N-methyl/N-ethyl adjacent to an activating group) is 1. The molecule has 2 aromatic rings. The molecule has 5 heteroatoms. The molecule has 1 aromatic heterocycles. The van der Waals surface area contributed by atoms with E-state index in [9.17, 15) is 4.79 Å². The molecule has 2 heterocycles. The van der Waals surface area contributed by atoms with Gasteiger partial charge in [-0.2, -0.15) is 0 Å². The summed E-state index contributed by atoms with van der Waals surface area (Å²) in [5.74, 6) is -0.0657. The highest BCUT2D eigenvalue weighted by atomic mass is 32.1. The van der Waals surface area contributed by atoms with Gasteiger partial charge in [0.15, 0.2) is 5.11 Å². The molecule has 0 aliphatic carbocycles. The van der Waals surface area contributed by atoms with Crippen LogP contribution in [0.15, 0.2) is 30.0 Å². The first-order chi connectivity index (χ1) is 11.8. The third-order valence-corrected chi connectivity index (χ3v) is 5.19. The Hall–Kier alpha value is -2.40. The lowest BCUT2D eigenvalue weighted by Crippen LogP contribution is -2.30. The number of amides is 1. The number of rotatable bonds is 3. The van der Waals surface area contributed by atoms with E-state index in [-0.39, 0.29) is 5.91 Å². The normalized spacial score (nSPS) is 16.0. The first-order valence-electron chi connectivity index (χ1n) is 8.45. The first-order valence-corrected chi connectivity index (χ1v) is 8.86. The monoisotopic (exact) mass is 353 g/mol. The average Bonchev–Trinajstić information content (AvgIpc) is 2.99. The van der Waals surface area contributed by atoms with Gasteiger partial charge in [-0.25, -0.2) is 0 Å². The number of carbonyl (C=O) groups is 1. The Morgan fingerprint density at radius 1 is 1.20 bits per heavy atom. The molecule has 1 fully saturated rings.